The maximum atomic E-state index is 11.1. The Morgan fingerprint density at radius 3 is 3.14 bits per heavy atom. The first-order chi connectivity index (χ1) is 6.79. The molecule has 1 aromatic rings. The molecule has 1 amide bonds. The van der Waals surface area contributed by atoms with E-state index >= 15 is 0 Å². The first-order valence-corrected chi connectivity index (χ1v) is 5.15. The first-order valence-electron chi connectivity index (χ1n) is 4.27. The van der Waals surface area contributed by atoms with Gasteiger partial charge in [-0.2, -0.15) is 0 Å². The minimum absolute atomic E-state index is 0.0380. The van der Waals surface area contributed by atoms with Crippen LogP contribution in [0.15, 0.2) is 24.2 Å². The van der Waals surface area contributed by atoms with Gasteiger partial charge in [-0.1, -0.05) is 17.9 Å². The van der Waals surface area contributed by atoms with Crippen molar-refractivity contribution in [2.75, 3.05) is 13.1 Å². The first kappa shape index (κ1) is 9.21. The quantitative estimate of drug-likeness (QED) is 0.697. The predicted octanol–water partition coefficient (Wildman–Crippen LogP) is 0.919. The third-order valence-corrected chi connectivity index (χ3v) is 2.67. The predicted molar refractivity (Wildman–Crippen MR) is 53.3 cm³/mol. The van der Waals surface area contributed by atoms with Crippen molar-refractivity contribution in [1.82, 2.24) is 9.88 Å². The molecule has 0 radical (unpaired) electrons. The van der Waals surface area contributed by atoms with E-state index in [9.17, 15) is 4.79 Å². The molecular formula is C9H10N2O2S. The van der Waals surface area contributed by atoms with Crippen LogP contribution in [0.25, 0.3) is 0 Å². The summed E-state index contributed by atoms with van der Waals surface area (Å²) in [6, 6.07) is 0. The number of carbonyl (C=O) groups is 1. The molecule has 1 aliphatic heterocycles. The Morgan fingerprint density at radius 2 is 2.57 bits per heavy atom. The van der Waals surface area contributed by atoms with E-state index in [0.717, 1.165) is 0 Å². The van der Waals surface area contributed by atoms with Gasteiger partial charge < -0.3 is 9.64 Å². The highest BCUT2D eigenvalue weighted by Crippen LogP contribution is 2.19. The number of nitrogens with zero attached hydrogens (tertiary/aromatic N) is 2. The summed E-state index contributed by atoms with van der Waals surface area (Å²) in [7, 11) is 0. The largest absolute Gasteiger partial charge is 0.463 e. The normalized spacial score (nSPS) is 16.1. The average Bonchev–Trinajstić information content (AvgIpc) is 2.61. The fourth-order valence-electron chi connectivity index (χ4n) is 1.23. The molecule has 0 aliphatic carbocycles. The van der Waals surface area contributed by atoms with Crippen LogP contribution >= 0.6 is 11.3 Å². The summed E-state index contributed by atoms with van der Waals surface area (Å²) in [4.78, 5) is 16.8. The van der Waals surface area contributed by atoms with Crippen LogP contribution in [-0.4, -0.2) is 35.0 Å². The second-order valence-corrected chi connectivity index (χ2v) is 3.84. The van der Waals surface area contributed by atoms with Gasteiger partial charge in [0, 0.05) is 11.6 Å². The fraction of sp³-hybridized carbons (Fsp3) is 0.333. The van der Waals surface area contributed by atoms with Crippen LogP contribution in [-0.2, 0) is 4.79 Å². The number of hydrogen-bond acceptors (Lipinski definition) is 4. The van der Waals surface area contributed by atoms with Crippen molar-refractivity contribution in [3.63, 3.8) is 0 Å². The molecule has 0 unspecified atom stereocenters. The number of ether oxygens (including phenoxy) is 1. The monoisotopic (exact) mass is 210 g/mol. The summed E-state index contributed by atoms with van der Waals surface area (Å²) >= 11 is 1.46. The zero-order valence-corrected chi connectivity index (χ0v) is 8.37. The summed E-state index contributed by atoms with van der Waals surface area (Å²) < 4.78 is 5.49. The Morgan fingerprint density at radius 1 is 1.79 bits per heavy atom. The zero-order chi connectivity index (χ0) is 9.97. The topological polar surface area (TPSA) is 42.4 Å². The van der Waals surface area contributed by atoms with Crippen LogP contribution in [0.4, 0.5) is 0 Å². The molecule has 0 bridgehead atoms. The lowest BCUT2D eigenvalue weighted by molar-refractivity contribution is -0.134. The molecule has 2 heterocycles. The summed E-state index contributed by atoms with van der Waals surface area (Å²) in [5, 5.41) is 2.53. The van der Waals surface area contributed by atoms with E-state index < -0.39 is 0 Å². The van der Waals surface area contributed by atoms with Gasteiger partial charge in [0.15, 0.2) is 0 Å². The van der Waals surface area contributed by atoms with Crippen molar-refractivity contribution >= 4 is 17.2 Å². The van der Waals surface area contributed by atoms with Crippen LogP contribution in [0.3, 0.4) is 0 Å². The van der Waals surface area contributed by atoms with Crippen molar-refractivity contribution in [3.05, 3.63) is 24.2 Å². The van der Waals surface area contributed by atoms with Crippen molar-refractivity contribution in [2.45, 2.75) is 6.10 Å². The van der Waals surface area contributed by atoms with E-state index in [1.54, 1.807) is 11.1 Å². The summed E-state index contributed by atoms with van der Waals surface area (Å²) in [6.07, 6.45) is 3.11. The van der Waals surface area contributed by atoms with Gasteiger partial charge in [0.25, 0.3) is 5.19 Å². The van der Waals surface area contributed by atoms with Crippen molar-refractivity contribution in [1.29, 1.82) is 0 Å². The van der Waals surface area contributed by atoms with E-state index in [4.69, 9.17) is 4.74 Å². The zero-order valence-electron chi connectivity index (χ0n) is 7.55. The number of rotatable bonds is 3. The van der Waals surface area contributed by atoms with E-state index in [1.807, 2.05) is 5.38 Å². The second-order valence-electron chi connectivity index (χ2n) is 2.99. The highest BCUT2D eigenvalue weighted by Gasteiger charge is 2.31. The molecular weight excluding hydrogens is 200 g/mol. The van der Waals surface area contributed by atoms with Crippen LogP contribution < -0.4 is 4.74 Å². The molecule has 0 saturated carbocycles. The van der Waals surface area contributed by atoms with Crippen LogP contribution in [0, 0.1) is 0 Å². The summed E-state index contributed by atoms with van der Waals surface area (Å²) in [5.41, 5.74) is 0. The molecule has 5 heteroatoms. The van der Waals surface area contributed by atoms with Crippen LogP contribution in [0.5, 0.6) is 5.19 Å². The number of hydrogen-bond donors (Lipinski definition) is 0. The number of thiazole rings is 1. The lowest BCUT2D eigenvalue weighted by Gasteiger charge is -2.37. The van der Waals surface area contributed by atoms with Gasteiger partial charge in [-0.05, 0) is 6.08 Å². The van der Waals surface area contributed by atoms with Crippen molar-refractivity contribution < 1.29 is 9.53 Å². The Hall–Kier alpha value is -1.36. The maximum Gasteiger partial charge on any atom is 0.273 e. The lowest BCUT2D eigenvalue weighted by Crippen LogP contribution is -2.55. The second kappa shape index (κ2) is 3.79. The lowest BCUT2D eigenvalue weighted by atomic mass is 10.1. The van der Waals surface area contributed by atoms with E-state index in [2.05, 4.69) is 11.6 Å². The van der Waals surface area contributed by atoms with Gasteiger partial charge in [-0.15, -0.1) is 0 Å². The standard InChI is InChI=1S/C9H10N2O2S/c1-2-8(12)11-5-7(6-11)13-9-10-3-4-14-9/h2-4,7H,1,5-6H2. The maximum absolute atomic E-state index is 11.1. The summed E-state index contributed by atoms with van der Waals surface area (Å²) in [5.74, 6) is -0.0380. The van der Waals surface area contributed by atoms with Crippen molar-refractivity contribution in [3.8, 4) is 5.19 Å². The van der Waals surface area contributed by atoms with Gasteiger partial charge in [-0.25, -0.2) is 4.98 Å². The number of likely N-dealkylation sites (tertiary alicyclic amines) is 1. The van der Waals surface area contributed by atoms with Gasteiger partial charge in [0.1, 0.15) is 6.10 Å². The Kier molecular flexibility index (Phi) is 2.49. The van der Waals surface area contributed by atoms with Gasteiger partial charge in [0.2, 0.25) is 5.91 Å². The Bertz CT molecular complexity index is 331. The minimum Gasteiger partial charge on any atom is -0.463 e. The molecule has 0 atom stereocenters. The number of carbonyl (C=O) groups excluding carboxylic acids is 1. The molecule has 0 spiro atoms. The van der Waals surface area contributed by atoms with Gasteiger partial charge in [-0.3, -0.25) is 4.79 Å². The van der Waals surface area contributed by atoms with E-state index in [1.165, 1.54) is 17.4 Å². The minimum atomic E-state index is -0.0380. The smallest absolute Gasteiger partial charge is 0.273 e. The highest BCUT2D eigenvalue weighted by atomic mass is 32.1. The molecule has 1 saturated heterocycles. The SMILES string of the molecule is C=CC(=O)N1CC(Oc2nccs2)C1. The van der Waals surface area contributed by atoms with E-state index in [0.29, 0.717) is 18.3 Å². The van der Waals surface area contributed by atoms with Gasteiger partial charge >= 0.3 is 0 Å². The molecule has 4 nitrogen and oxygen atoms in total. The molecule has 14 heavy (non-hydrogen) atoms. The number of aromatic nitrogens is 1. The third-order valence-electron chi connectivity index (χ3n) is 2.01. The van der Waals surface area contributed by atoms with Crippen LogP contribution in [0.1, 0.15) is 0 Å². The van der Waals surface area contributed by atoms with E-state index in [-0.39, 0.29) is 12.0 Å². The van der Waals surface area contributed by atoms with Gasteiger partial charge in [0.05, 0.1) is 13.1 Å². The average molecular weight is 210 g/mol. The Balaban J connectivity index is 1.78. The Labute approximate surface area is 85.8 Å². The molecule has 2 rings (SSSR count). The molecule has 1 fully saturated rings. The summed E-state index contributed by atoms with van der Waals surface area (Å²) in [6.45, 7) is 4.68. The highest BCUT2D eigenvalue weighted by molar-refractivity contribution is 7.11. The van der Waals surface area contributed by atoms with Crippen molar-refractivity contribution in [2.24, 2.45) is 0 Å². The molecule has 1 aromatic heterocycles. The number of amides is 1. The van der Waals surface area contributed by atoms with Crippen LogP contribution in [0.2, 0.25) is 0 Å². The molecule has 74 valence electrons. The fourth-order valence-corrected chi connectivity index (χ4v) is 1.78. The molecule has 0 N–H and O–H groups in total. The molecule has 0 aromatic carbocycles. The third kappa shape index (κ3) is 1.77. The molecule has 1 aliphatic rings.